The van der Waals surface area contributed by atoms with Crippen molar-refractivity contribution in [3.8, 4) is 5.82 Å². The van der Waals surface area contributed by atoms with Gasteiger partial charge in [0.1, 0.15) is 11.3 Å². The lowest BCUT2D eigenvalue weighted by Gasteiger charge is -2.13. The van der Waals surface area contributed by atoms with Crippen LogP contribution < -0.4 is 5.56 Å². The summed E-state index contributed by atoms with van der Waals surface area (Å²) in [5.74, 6) is -0.484. The Morgan fingerprint density at radius 3 is 2.63 bits per heavy atom. The number of rotatable bonds is 2. The Labute approximate surface area is 153 Å². The molecule has 0 aliphatic heterocycles. The molecule has 0 radical (unpaired) electrons. The molecule has 4 rings (SSSR count). The molecule has 7 nitrogen and oxygen atoms in total. The van der Waals surface area contributed by atoms with Gasteiger partial charge in [-0.15, -0.1) is 0 Å². The van der Waals surface area contributed by atoms with Crippen molar-refractivity contribution in [3.63, 3.8) is 0 Å². The number of carbonyl (C=O) groups is 1. The Hall–Kier alpha value is -3.55. The molecule has 0 unspecified atom stereocenters. The van der Waals surface area contributed by atoms with Crippen LogP contribution in [0, 0.1) is 5.82 Å². The average Bonchev–Trinajstić information content (AvgIpc) is 2.95. The number of aryl methyl sites for hydroxylation is 1. The van der Waals surface area contributed by atoms with E-state index in [0.717, 1.165) is 4.68 Å². The standard InChI is InChI=1S/C19H16FN5O2/c1-23(2)18(26)16-15-12-8-7-11(20)10-13(12)24(3)17(15)19(27)25(22-16)14-6-4-5-9-21-14/h4-10H,1-3H3. The molecule has 0 spiro atoms. The highest BCUT2D eigenvalue weighted by Gasteiger charge is 2.24. The van der Waals surface area contributed by atoms with Crippen molar-refractivity contribution in [1.82, 2.24) is 24.2 Å². The molecule has 0 fully saturated rings. The van der Waals surface area contributed by atoms with Crippen LogP contribution in [0.15, 0.2) is 47.4 Å². The summed E-state index contributed by atoms with van der Waals surface area (Å²) >= 11 is 0. The Kier molecular flexibility index (Phi) is 3.76. The van der Waals surface area contributed by atoms with Crippen LogP contribution in [0.4, 0.5) is 4.39 Å². The number of nitrogens with zero attached hydrogens (tertiary/aromatic N) is 5. The molecule has 0 N–H and O–H groups in total. The fourth-order valence-electron chi connectivity index (χ4n) is 3.19. The molecule has 0 saturated carbocycles. The van der Waals surface area contributed by atoms with Crippen LogP contribution in [0.25, 0.3) is 27.6 Å². The van der Waals surface area contributed by atoms with Crippen LogP contribution in [0.2, 0.25) is 0 Å². The Morgan fingerprint density at radius 2 is 1.96 bits per heavy atom. The second-order valence-electron chi connectivity index (χ2n) is 6.40. The molecule has 1 aromatic carbocycles. The maximum Gasteiger partial charge on any atom is 0.297 e. The first-order valence-electron chi connectivity index (χ1n) is 8.24. The Bertz CT molecular complexity index is 1260. The number of benzene rings is 1. The molecule has 0 saturated heterocycles. The second-order valence-corrected chi connectivity index (χ2v) is 6.40. The van der Waals surface area contributed by atoms with Crippen molar-refractivity contribution in [2.45, 2.75) is 0 Å². The first kappa shape index (κ1) is 16.9. The predicted molar refractivity (Wildman–Crippen MR) is 99.6 cm³/mol. The molecule has 0 atom stereocenters. The van der Waals surface area contributed by atoms with Crippen LogP contribution in [-0.2, 0) is 7.05 Å². The maximum absolute atomic E-state index is 13.8. The van der Waals surface area contributed by atoms with Crippen LogP contribution in [0.5, 0.6) is 0 Å². The number of hydrogen-bond donors (Lipinski definition) is 0. The summed E-state index contributed by atoms with van der Waals surface area (Å²) in [6.07, 6.45) is 1.54. The number of amides is 1. The highest BCUT2D eigenvalue weighted by atomic mass is 19.1. The van der Waals surface area contributed by atoms with Crippen molar-refractivity contribution < 1.29 is 9.18 Å². The third-order valence-corrected chi connectivity index (χ3v) is 4.47. The van der Waals surface area contributed by atoms with Gasteiger partial charge in [-0.25, -0.2) is 9.37 Å². The van der Waals surface area contributed by atoms with Crippen LogP contribution in [0.1, 0.15) is 10.5 Å². The van der Waals surface area contributed by atoms with Crippen molar-refractivity contribution >= 4 is 27.7 Å². The van der Waals surface area contributed by atoms with E-state index >= 15 is 0 Å². The average molecular weight is 365 g/mol. The van der Waals surface area contributed by atoms with E-state index in [1.54, 1.807) is 50.0 Å². The minimum Gasteiger partial charge on any atom is -0.343 e. The number of hydrogen-bond acceptors (Lipinski definition) is 4. The smallest absolute Gasteiger partial charge is 0.297 e. The molecule has 3 heterocycles. The molecule has 136 valence electrons. The van der Waals surface area contributed by atoms with Gasteiger partial charge in [0.15, 0.2) is 11.5 Å². The molecule has 4 aromatic rings. The summed E-state index contributed by atoms with van der Waals surface area (Å²) in [5, 5.41) is 5.32. The molecule has 1 amide bonds. The lowest BCUT2D eigenvalue weighted by molar-refractivity contribution is 0.0822. The van der Waals surface area contributed by atoms with Crippen molar-refractivity contribution in [3.05, 3.63) is 64.5 Å². The quantitative estimate of drug-likeness (QED) is 0.545. The van der Waals surface area contributed by atoms with E-state index in [-0.39, 0.29) is 17.1 Å². The number of carbonyl (C=O) groups excluding carboxylic acids is 1. The normalized spacial score (nSPS) is 11.3. The lowest BCUT2D eigenvalue weighted by atomic mass is 10.1. The van der Waals surface area contributed by atoms with Gasteiger partial charge in [-0.3, -0.25) is 9.59 Å². The zero-order valence-corrected chi connectivity index (χ0v) is 15.0. The van der Waals surface area contributed by atoms with Gasteiger partial charge in [0, 0.05) is 38.1 Å². The Balaban J connectivity index is 2.23. The van der Waals surface area contributed by atoms with Gasteiger partial charge in [-0.05, 0) is 30.3 Å². The van der Waals surface area contributed by atoms with E-state index in [2.05, 4.69) is 10.1 Å². The number of pyridine rings is 1. The minimum atomic E-state index is -0.432. The second kappa shape index (κ2) is 6.01. The van der Waals surface area contributed by atoms with E-state index in [9.17, 15) is 14.0 Å². The number of fused-ring (bicyclic) bond motifs is 3. The van der Waals surface area contributed by atoms with Gasteiger partial charge in [-0.2, -0.15) is 9.78 Å². The van der Waals surface area contributed by atoms with Gasteiger partial charge >= 0.3 is 0 Å². The van der Waals surface area contributed by atoms with E-state index in [1.807, 2.05) is 0 Å². The van der Waals surface area contributed by atoms with E-state index in [4.69, 9.17) is 0 Å². The van der Waals surface area contributed by atoms with Crippen LogP contribution in [0.3, 0.4) is 0 Å². The maximum atomic E-state index is 13.8. The fourth-order valence-corrected chi connectivity index (χ4v) is 3.19. The predicted octanol–water partition coefficient (Wildman–Crippen LogP) is 2.11. The van der Waals surface area contributed by atoms with Gasteiger partial charge < -0.3 is 9.47 Å². The number of aromatic nitrogens is 4. The summed E-state index contributed by atoms with van der Waals surface area (Å²) in [6, 6.07) is 9.28. The van der Waals surface area contributed by atoms with Gasteiger partial charge in [0.2, 0.25) is 0 Å². The first-order valence-corrected chi connectivity index (χ1v) is 8.24. The third kappa shape index (κ3) is 2.49. The molecule has 3 aromatic heterocycles. The van der Waals surface area contributed by atoms with Crippen molar-refractivity contribution in [1.29, 1.82) is 0 Å². The topological polar surface area (TPSA) is 73.0 Å². The van der Waals surface area contributed by atoms with Gasteiger partial charge in [-0.1, -0.05) is 6.07 Å². The van der Waals surface area contributed by atoms with Gasteiger partial charge in [0.05, 0.1) is 5.52 Å². The molecule has 27 heavy (non-hydrogen) atoms. The highest BCUT2D eigenvalue weighted by molar-refractivity contribution is 6.16. The number of halogens is 1. The highest BCUT2D eigenvalue weighted by Crippen LogP contribution is 2.29. The summed E-state index contributed by atoms with van der Waals surface area (Å²) in [7, 11) is 4.88. The molecular weight excluding hydrogens is 349 g/mol. The molecular formula is C19H16FN5O2. The minimum absolute atomic E-state index is 0.109. The van der Waals surface area contributed by atoms with Crippen molar-refractivity contribution in [2.75, 3.05) is 14.1 Å². The first-order chi connectivity index (χ1) is 12.9. The molecule has 0 bridgehead atoms. The SMILES string of the molecule is CN(C)C(=O)c1nn(-c2ccccn2)c(=O)c2c1c1ccc(F)cc1n2C. The molecule has 0 aliphatic rings. The summed E-state index contributed by atoms with van der Waals surface area (Å²) < 4.78 is 16.5. The molecule has 0 aliphatic carbocycles. The van der Waals surface area contributed by atoms with E-state index in [1.165, 1.54) is 23.2 Å². The summed E-state index contributed by atoms with van der Waals surface area (Å²) in [5.41, 5.74) is 0.451. The molecule has 8 heteroatoms. The zero-order chi connectivity index (χ0) is 19.3. The lowest BCUT2D eigenvalue weighted by Crippen LogP contribution is -2.30. The van der Waals surface area contributed by atoms with E-state index in [0.29, 0.717) is 22.1 Å². The van der Waals surface area contributed by atoms with Crippen molar-refractivity contribution in [2.24, 2.45) is 7.05 Å². The Morgan fingerprint density at radius 1 is 1.19 bits per heavy atom. The third-order valence-electron chi connectivity index (χ3n) is 4.47. The van der Waals surface area contributed by atoms with Crippen LogP contribution in [-0.4, -0.2) is 44.2 Å². The monoisotopic (exact) mass is 365 g/mol. The zero-order valence-electron chi connectivity index (χ0n) is 15.0. The summed E-state index contributed by atoms with van der Waals surface area (Å²) in [4.78, 5) is 31.5. The largest absolute Gasteiger partial charge is 0.343 e. The van der Waals surface area contributed by atoms with E-state index < -0.39 is 11.4 Å². The summed E-state index contributed by atoms with van der Waals surface area (Å²) in [6.45, 7) is 0. The van der Waals surface area contributed by atoms with Gasteiger partial charge in [0.25, 0.3) is 11.5 Å². The fraction of sp³-hybridized carbons (Fsp3) is 0.158. The van der Waals surface area contributed by atoms with Crippen LogP contribution >= 0.6 is 0 Å².